The van der Waals surface area contributed by atoms with Crippen LogP contribution in [0.1, 0.15) is 5.56 Å². The third kappa shape index (κ3) is 4.13. The fourth-order valence-corrected chi connectivity index (χ4v) is 4.77. The van der Waals surface area contributed by atoms with Crippen molar-refractivity contribution in [1.29, 1.82) is 0 Å². The summed E-state index contributed by atoms with van der Waals surface area (Å²) < 4.78 is 0. The second kappa shape index (κ2) is 8.75. The molecule has 5 aromatic rings. The number of nitrogens with one attached hydrogen (secondary N) is 2. The Morgan fingerprint density at radius 1 is 1.00 bits per heavy atom. The number of piperazine rings is 1. The Labute approximate surface area is 203 Å². The molecule has 0 aliphatic carbocycles. The Morgan fingerprint density at radius 3 is 2.66 bits per heavy atom. The van der Waals surface area contributed by atoms with E-state index in [0.29, 0.717) is 5.65 Å². The molecule has 0 unspecified atom stereocenters. The second-order valence-electron chi connectivity index (χ2n) is 9.56. The van der Waals surface area contributed by atoms with Crippen molar-refractivity contribution in [2.45, 2.75) is 6.54 Å². The van der Waals surface area contributed by atoms with Crippen LogP contribution >= 0.6 is 0 Å². The second-order valence-corrected chi connectivity index (χ2v) is 9.56. The lowest BCUT2D eigenvalue weighted by atomic mass is 10.1. The van der Waals surface area contributed by atoms with E-state index in [4.69, 9.17) is 4.98 Å². The molecule has 0 bridgehead atoms. The van der Waals surface area contributed by atoms with Crippen LogP contribution in [0, 0.1) is 0 Å². The van der Waals surface area contributed by atoms with Gasteiger partial charge in [0.25, 0.3) is 0 Å². The van der Waals surface area contributed by atoms with E-state index in [0.717, 1.165) is 77.4 Å². The fraction of sp³-hybridized carbons (Fsp3) is 0.308. The average Bonchev–Trinajstić information content (AvgIpc) is 3.48. The molecule has 5 heterocycles. The summed E-state index contributed by atoms with van der Waals surface area (Å²) in [6.45, 7) is 4.94. The van der Waals surface area contributed by atoms with E-state index in [1.54, 1.807) is 0 Å². The number of rotatable bonds is 5. The molecule has 0 amide bonds. The normalized spacial score (nSPS) is 15.0. The quantitative estimate of drug-likeness (QED) is 0.409. The fourth-order valence-electron chi connectivity index (χ4n) is 4.77. The zero-order valence-corrected chi connectivity index (χ0v) is 20.3. The number of hydrogen-bond acceptors (Lipinski definition) is 7. The molecule has 6 rings (SSSR count). The molecule has 178 valence electrons. The number of aromatic nitrogens is 6. The molecule has 2 N–H and O–H groups in total. The zero-order valence-electron chi connectivity index (χ0n) is 20.3. The summed E-state index contributed by atoms with van der Waals surface area (Å²) in [5.41, 5.74) is 7.88. The molecule has 9 heteroatoms. The largest absolute Gasteiger partial charge is 0.367 e. The summed E-state index contributed by atoms with van der Waals surface area (Å²) in [5, 5.41) is 8.54. The molecule has 0 atom stereocenters. The Kier molecular flexibility index (Phi) is 5.43. The molecule has 0 saturated carbocycles. The van der Waals surface area contributed by atoms with Gasteiger partial charge in [0, 0.05) is 62.4 Å². The number of benzene rings is 1. The van der Waals surface area contributed by atoms with Gasteiger partial charge in [-0.15, -0.1) is 0 Å². The summed E-state index contributed by atoms with van der Waals surface area (Å²) in [7, 11) is 6.28. The molecular formula is C26H29N9. The van der Waals surface area contributed by atoms with Crippen molar-refractivity contribution in [3.05, 3.63) is 54.5 Å². The maximum Gasteiger partial charge on any atom is 0.181 e. The van der Waals surface area contributed by atoms with Gasteiger partial charge in [0.05, 0.1) is 16.6 Å². The lowest BCUT2D eigenvalue weighted by Crippen LogP contribution is -2.44. The molecule has 1 aromatic carbocycles. The number of fused-ring (bicyclic) bond motifs is 2. The van der Waals surface area contributed by atoms with Crippen LogP contribution in [0.25, 0.3) is 44.7 Å². The first-order valence-corrected chi connectivity index (χ1v) is 11.9. The molecular weight excluding hydrogens is 438 g/mol. The van der Waals surface area contributed by atoms with Crippen molar-refractivity contribution in [2.75, 3.05) is 52.2 Å². The lowest BCUT2D eigenvalue weighted by molar-refractivity contribution is 0.313. The Morgan fingerprint density at radius 2 is 1.83 bits per heavy atom. The molecule has 0 radical (unpaired) electrons. The summed E-state index contributed by atoms with van der Waals surface area (Å²) in [4.78, 5) is 24.5. The van der Waals surface area contributed by atoms with Gasteiger partial charge in [0.2, 0.25) is 0 Å². The maximum absolute atomic E-state index is 5.02. The Bertz CT molecular complexity index is 1490. The maximum atomic E-state index is 5.02. The van der Waals surface area contributed by atoms with E-state index in [-0.39, 0.29) is 0 Å². The van der Waals surface area contributed by atoms with Crippen molar-refractivity contribution in [1.82, 2.24) is 39.9 Å². The van der Waals surface area contributed by atoms with E-state index < -0.39 is 0 Å². The number of anilines is 1. The number of H-pyrrole nitrogens is 2. The van der Waals surface area contributed by atoms with Gasteiger partial charge in [-0.25, -0.2) is 9.97 Å². The minimum absolute atomic E-state index is 0.668. The van der Waals surface area contributed by atoms with Crippen LogP contribution in [0.4, 0.5) is 5.69 Å². The number of para-hydroxylation sites is 1. The first kappa shape index (κ1) is 21.7. The topological polar surface area (TPSA) is 92.9 Å². The van der Waals surface area contributed by atoms with Crippen molar-refractivity contribution in [3.63, 3.8) is 0 Å². The minimum atomic E-state index is 0.668. The third-order valence-corrected chi connectivity index (χ3v) is 6.61. The van der Waals surface area contributed by atoms with Crippen LogP contribution in [-0.4, -0.2) is 87.3 Å². The highest BCUT2D eigenvalue weighted by atomic mass is 15.3. The average molecular weight is 468 g/mol. The standard InChI is InChI=1S/C26H29N9/c1-33(2)16-17-11-18(14-27-13-17)19-12-20-23(31-32-25(20)28-15-19)26-29-21-5-4-6-22(24(21)30-26)35-9-7-34(3)8-10-35/h4-6,11-15H,7-10,16H2,1-3H3,(H,29,30)(H,28,31,32). The van der Waals surface area contributed by atoms with Crippen LogP contribution in [0.15, 0.2) is 48.9 Å². The molecule has 1 fully saturated rings. The highest BCUT2D eigenvalue weighted by molar-refractivity contribution is 5.96. The SMILES string of the molecule is CN(C)Cc1cncc(-c2cnc3n[nH]c(-c4nc5c(N6CCN(C)CC6)cccc5[nH]4)c3c2)c1. The summed E-state index contributed by atoms with van der Waals surface area (Å²) in [5.74, 6) is 0.766. The number of pyridine rings is 2. The van der Waals surface area contributed by atoms with Gasteiger partial charge in [-0.1, -0.05) is 6.07 Å². The minimum Gasteiger partial charge on any atom is -0.367 e. The molecule has 35 heavy (non-hydrogen) atoms. The summed E-state index contributed by atoms with van der Waals surface area (Å²) >= 11 is 0. The van der Waals surface area contributed by atoms with E-state index in [9.17, 15) is 0 Å². The predicted octanol–water partition coefficient (Wildman–Crippen LogP) is 3.38. The van der Waals surface area contributed by atoms with Gasteiger partial charge in [-0.05, 0) is 51.0 Å². The van der Waals surface area contributed by atoms with E-state index >= 15 is 0 Å². The van der Waals surface area contributed by atoms with Crippen molar-refractivity contribution < 1.29 is 0 Å². The highest BCUT2D eigenvalue weighted by Gasteiger charge is 2.20. The molecule has 9 nitrogen and oxygen atoms in total. The van der Waals surface area contributed by atoms with Crippen molar-refractivity contribution in [3.8, 4) is 22.6 Å². The number of hydrogen-bond donors (Lipinski definition) is 2. The van der Waals surface area contributed by atoms with Crippen molar-refractivity contribution >= 4 is 27.8 Å². The van der Waals surface area contributed by atoms with E-state index in [1.807, 2.05) is 18.6 Å². The third-order valence-electron chi connectivity index (χ3n) is 6.61. The molecule has 4 aromatic heterocycles. The van der Waals surface area contributed by atoms with Crippen LogP contribution in [-0.2, 0) is 6.54 Å². The summed E-state index contributed by atoms with van der Waals surface area (Å²) in [6, 6.07) is 10.6. The number of imidazole rings is 1. The monoisotopic (exact) mass is 467 g/mol. The van der Waals surface area contributed by atoms with Crippen LogP contribution < -0.4 is 4.90 Å². The molecule has 0 spiro atoms. The summed E-state index contributed by atoms with van der Waals surface area (Å²) in [6.07, 6.45) is 5.64. The van der Waals surface area contributed by atoms with Crippen molar-refractivity contribution in [2.24, 2.45) is 0 Å². The predicted molar refractivity (Wildman–Crippen MR) is 139 cm³/mol. The number of nitrogens with zero attached hydrogens (tertiary/aromatic N) is 7. The van der Waals surface area contributed by atoms with E-state index in [2.05, 4.69) is 91.3 Å². The smallest absolute Gasteiger partial charge is 0.181 e. The number of likely N-dealkylation sites (N-methyl/N-ethyl adjacent to an activating group) is 1. The van der Waals surface area contributed by atoms with Crippen LogP contribution in [0.5, 0.6) is 0 Å². The first-order chi connectivity index (χ1) is 17.0. The molecule has 1 aliphatic heterocycles. The van der Waals surface area contributed by atoms with Crippen LogP contribution in [0.2, 0.25) is 0 Å². The van der Waals surface area contributed by atoms with Crippen LogP contribution in [0.3, 0.4) is 0 Å². The van der Waals surface area contributed by atoms with Gasteiger partial charge in [0.15, 0.2) is 11.5 Å². The van der Waals surface area contributed by atoms with Gasteiger partial charge in [0.1, 0.15) is 11.2 Å². The van der Waals surface area contributed by atoms with Gasteiger partial charge in [-0.2, -0.15) is 5.10 Å². The van der Waals surface area contributed by atoms with Gasteiger partial charge < -0.3 is 19.7 Å². The Hall–Kier alpha value is -3.82. The number of aromatic amines is 2. The van der Waals surface area contributed by atoms with E-state index in [1.165, 1.54) is 5.69 Å². The van der Waals surface area contributed by atoms with Gasteiger partial charge >= 0.3 is 0 Å². The first-order valence-electron chi connectivity index (χ1n) is 11.9. The highest BCUT2D eigenvalue weighted by Crippen LogP contribution is 2.32. The van der Waals surface area contributed by atoms with Gasteiger partial charge in [-0.3, -0.25) is 10.1 Å². The zero-order chi connectivity index (χ0) is 23.9. The molecule has 1 saturated heterocycles. The lowest BCUT2D eigenvalue weighted by Gasteiger charge is -2.34. The molecule has 1 aliphatic rings. The Balaban J connectivity index is 1.39.